The zero-order chi connectivity index (χ0) is 19.2. The van der Waals surface area contributed by atoms with Crippen molar-refractivity contribution in [1.29, 1.82) is 0 Å². The lowest BCUT2D eigenvalue weighted by atomic mass is 10.2. The molecule has 10 heteroatoms. The zero-order valence-corrected chi connectivity index (χ0v) is 14.7. The number of ether oxygens (including phenoxy) is 1. The third-order valence-corrected chi connectivity index (χ3v) is 3.47. The molecule has 0 saturated heterocycles. The van der Waals surface area contributed by atoms with E-state index in [2.05, 4.69) is 25.9 Å². The van der Waals surface area contributed by atoms with Gasteiger partial charge in [-0.05, 0) is 31.2 Å². The van der Waals surface area contributed by atoms with E-state index in [1.807, 2.05) is 0 Å². The molecule has 3 aromatic rings. The maximum absolute atomic E-state index is 11.9. The first-order valence-electron chi connectivity index (χ1n) is 8.00. The van der Waals surface area contributed by atoms with Gasteiger partial charge in [-0.25, -0.2) is 0 Å². The topological polar surface area (TPSA) is 132 Å². The van der Waals surface area contributed by atoms with Gasteiger partial charge in [0.2, 0.25) is 23.5 Å². The largest absolute Gasteiger partial charge is 0.497 e. The molecule has 0 spiro atoms. The van der Waals surface area contributed by atoms with Crippen LogP contribution in [0.2, 0.25) is 0 Å². The van der Waals surface area contributed by atoms with Crippen LogP contribution in [-0.2, 0) is 16.0 Å². The molecule has 0 bridgehead atoms. The van der Waals surface area contributed by atoms with Crippen LogP contribution in [0.25, 0.3) is 11.4 Å². The van der Waals surface area contributed by atoms with Gasteiger partial charge in [-0.3, -0.25) is 9.59 Å². The fraction of sp³-hybridized carbons (Fsp3) is 0.235. The summed E-state index contributed by atoms with van der Waals surface area (Å²) < 4.78 is 15.0. The molecule has 0 aliphatic carbocycles. The number of hydrogen-bond acceptors (Lipinski definition) is 8. The van der Waals surface area contributed by atoms with Crippen LogP contribution in [0.15, 0.2) is 39.4 Å². The van der Waals surface area contributed by atoms with Gasteiger partial charge in [-0.15, -0.1) is 0 Å². The summed E-state index contributed by atoms with van der Waals surface area (Å²) in [6.45, 7) is 1.49. The number of methoxy groups -OCH3 is 1. The predicted octanol–water partition coefficient (Wildman–Crippen LogP) is 1.34. The monoisotopic (exact) mass is 371 g/mol. The summed E-state index contributed by atoms with van der Waals surface area (Å²) in [5.41, 5.74) is 0.730. The quantitative estimate of drug-likeness (QED) is 0.636. The zero-order valence-electron chi connectivity index (χ0n) is 14.7. The molecule has 2 aromatic heterocycles. The molecule has 0 atom stereocenters. The van der Waals surface area contributed by atoms with Gasteiger partial charge in [-0.1, -0.05) is 10.3 Å². The molecule has 0 aliphatic heterocycles. The van der Waals surface area contributed by atoms with E-state index in [1.165, 1.54) is 0 Å². The molecule has 2 amide bonds. The fourth-order valence-electron chi connectivity index (χ4n) is 2.18. The highest BCUT2D eigenvalue weighted by Gasteiger charge is 2.14. The lowest BCUT2D eigenvalue weighted by Gasteiger charge is -2.03. The van der Waals surface area contributed by atoms with E-state index in [0.717, 1.165) is 5.56 Å². The van der Waals surface area contributed by atoms with Crippen LogP contribution >= 0.6 is 0 Å². The Morgan fingerprint density at radius 3 is 2.56 bits per heavy atom. The molecule has 0 unspecified atom stereocenters. The minimum atomic E-state index is -0.430. The fourth-order valence-corrected chi connectivity index (χ4v) is 2.18. The Balaban J connectivity index is 1.49. The number of hydrogen-bond donors (Lipinski definition) is 2. The van der Waals surface area contributed by atoms with Gasteiger partial charge < -0.3 is 24.4 Å². The van der Waals surface area contributed by atoms with E-state index < -0.39 is 11.8 Å². The van der Waals surface area contributed by atoms with Crippen molar-refractivity contribution in [3.8, 4) is 17.1 Å². The van der Waals surface area contributed by atoms with Crippen molar-refractivity contribution in [3.63, 3.8) is 0 Å². The number of anilines is 1. The van der Waals surface area contributed by atoms with Crippen LogP contribution in [-0.4, -0.2) is 40.8 Å². The summed E-state index contributed by atoms with van der Waals surface area (Å²) in [7, 11) is 1.58. The Kier molecular flexibility index (Phi) is 5.45. The number of carbonyl (C=O) groups excluding carboxylic acids is 2. The molecule has 0 radical (unpaired) electrons. The van der Waals surface area contributed by atoms with E-state index in [-0.39, 0.29) is 24.7 Å². The summed E-state index contributed by atoms with van der Waals surface area (Å²) in [6.07, 6.45) is -0.139. The second-order valence-electron chi connectivity index (χ2n) is 5.56. The Morgan fingerprint density at radius 1 is 1.11 bits per heavy atom. The third kappa shape index (κ3) is 4.91. The van der Waals surface area contributed by atoms with Crippen LogP contribution in [0.1, 0.15) is 11.7 Å². The van der Waals surface area contributed by atoms with Gasteiger partial charge in [0.15, 0.2) is 5.82 Å². The number of amides is 2. The second kappa shape index (κ2) is 8.13. The first-order valence-corrected chi connectivity index (χ1v) is 8.00. The number of benzene rings is 1. The molecule has 2 heterocycles. The molecule has 2 N–H and O–H groups in total. The van der Waals surface area contributed by atoms with Gasteiger partial charge in [0.25, 0.3) is 0 Å². The predicted molar refractivity (Wildman–Crippen MR) is 92.9 cm³/mol. The van der Waals surface area contributed by atoms with Crippen molar-refractivity contribution in [2.24, 2.45) is 0 Å². The lowest BCUT2D eigenvalue weighted by Crippen LogP contribution is -2.33. The van der Waals surface area contributed by atoms with Crippen molar-refractivity contribution < 1.29 is 23.4 Å². The molecular weight excluding hydrogens is 354 g/mol. The number of aryl methyl sites for hydroxylation is 1. The Bertz CT molecular complexity index is 931. The van der Waals surface area contributed by atoms with E-state index >= 15 is 0 Å². The summed E-state index contributed by atoms with van der Waals surface area (Å²) >= 11 is 0. The highest BCUT2D eigenvalue weighted by molar-refractivity contribution is 5.93. The lowest BCUT2D eigenvalue weighted by molar-refractivity contribution is -0.124. The summed E-state index contributed by atoms with van der Waals surface area (Å²) in [4.78, 5) is 27.9. The van der Waals surface area contributed by atoms with Crippen LogP contribution < -0.4 is 15.4 Å². The molecule has 0 saturated carbocycles. The van der Waals surface area contributed by atoms with Crippen LogP contribution in [0.4, 0.5) is 5.82 Å². The smallest absolute Gasteiger partial charge is 0.245 e. The summed E-state index contributed by atoms with van der Waals surface area (Å²) in [6, 6.07) is 8.67. The molecule has 0 fully saturated rings. The van der Waals surface area contributed by atoms with Crippen molar-refractivity contribution in [3.05, 3.63) is 42.0 Å². The Labute approximate surface area is 153 Å². The van der Waals surface area contributed by atoms with Crippen molar-refractivity contribution in [1.82, 2.24) is 20.6 Å². The molecule has 27 heavy (non-hydrogen) atoms. The molecule has 1 aromatic carbocycles. The van der Waals surface area contributed by atoms with E-state index in [9.17, 15) is 9.59 Å². The number of rotatable bonds is 7. The van der Waals surface area contributed by atoms with Gasteiger partial charge >= 0.3 is 0 Å². The van der Waals surface area contributed by atoms with Crippen molar-refractivity contribution >= 4 is 17.6 Å². The summed E-state index contributed by atoms with van der Waals surface area (Å²) in [5.74, 6) is 1.21. The van der Waals surface area contributed by atoms with Gasteiger partial charge in [-0.2, -0.15) is 4.98 Å². The Hall–Kier alpha value is -3.69. The van der Waals surface area contributed by atoms with Crippen LogP contribution in [0.3, 0.4) is 0 Å². The van der Waals surface area contributed by atoms with Gasteiger partial charge in [0.05, 0.1) is 13.7 Å². The average Bonchev–Trinajstić information content (AvgIpc) is 3.29. The minimum Gasteiger partial charge on any atom is -0.497 e. The minimum absolute atomic E-state index is 0.139. The number of carbonyl (C=O) groups is 2. The van der Waals surface area contributed by atoms with Crippen LogP contribution in [0.5, 0.6) is 5.75 Å². The summed E-state index contributed by atoms with van der Waals surface area (Å²) in [5, 5.41) is 12.4. The van der Waals surface area contributed by atoms with E-state index in [4.69, 9.17) is 13.8 Å². The Morgan fingerprint density at radius 2 is 1.89 bits per heavy atom. The molecule has 10 nitrogen and oxygen atoms in total. The molecule has 3 rings (SSSR count). The van der Waals surface area contributed by atoms with E-state index in [0.29, 0.717) is 17.3 Å². The third-order valence-electron chi connectivity index (χ3n) is 3.47. The highest BCUT2D eigenvalue weighted by atomic mass is 16.5. The van der Waals surface area contributed by atoms with Crippen molar-refractivity contribution in [2.45, 2.75) is 13.3 Å². The van der Waals surface area contributed by atoms with Gasteiger partial charge in [0, 0.05) is 11.6 Å². The average molecular weight is 371 g/mol. The highest BCUT2D eigenvalue weighted by Crippen LogP contribution is 2.19. The first kappa shape index (κ1) is 18.1. The SMILES string of the molecule is COc1ccc(-c2noc(CC(=O)NCC(=O)Nc3cc(C)on3)n2)cc1. The molecule has 140 valence electrons. The normalized spacial score (nSPS) is 10.4. The number of nitrogens with one attached hydrogen (secondary N) is 2. The molecular formula is C17H17N5O5. The van der Waals surface area contributed by atoms with E-state index in [1.54, 1.807) is 44.4 Å². The standard InChI is InChI=1S/C17H17N5O5/c1-10-7-13(21-26-10)19-15(24)9-18-14(23)8-16-20-17(22-27-16)11-3-5-12(25-2)6-4-11/h3-7H,8-9H2,1-2H3,(H,18,23)(H,19,21,24). The van der Waals surface area contributed by atoms with Crippen molar-refractivity contribution in [2.75, 3.05) is 19.0 Å². The number of aromatic nitrogens is 3. The maximum Gasteiger partial charge on any atom is 0.245 e. The number of nitrogens with zero attached hydrogens (tertiary/aromatic N) is 3. The maximum atomic E-state index is 11.9. The second-order valence-corrected chi connectivity index (χ2v) is 5.56. The van der Waals surface area contributed by atoms with Gasteiger partial charge in [0.1, 0.15) is 17.9 Å². The first-order chi connectivity index (χ1) is 13.0. The van der Waals surface area contributed by atoms with Crippen LogP contribution in [0, 0.1) is 6.92 Å². The molecule has 0 aliphatic rings.